The Morgan fingerprint density at radius 1 is 0.536 bits per heavy atom. The molecule has 0 saturated heterocycles. The number of anilines is 2. The number of aryl methyl sites for hydroxylation is 3. The van der Waals surface area contributed by atoms with Gasteiger partial charge >= 0.3 is 11.9 Å². The number of methoxy groups -OCH3 is 5. The van der Waals surface area contributed by atoms with Gasteiger partial charge in [-0.2, -0.15) is 4.31 Å². The van der Waals surface area contributed by atoms with Crippen LogP contribution in [0.5, 0.6) is 40.2 Å². The molecule has 2 fully saturated rings. The number of hydrogen-bond acceptors (Lipinski definition) is 19. The summed E-state index contributed by atoms with van der Waals surface area (Å²) in [4.78, 5) is 55.7. The molecule has 0 unspecified atom stereocenters. The van der Waals surface area contributed by atoms with Crippen LogP contribution in [0.25, 0.3) is 0 Å². The monoisotopic (exact) mass is 1610 g/mol. The zero-order chi connectivity index (χ0) is 79.5. The minimum atomic E-state index is -3.79. The van der Waals surface area contributed by atoms with Gasteiger partial charge in [-0.15, -0.1) is 0 Å². The first kappa shape index (κ1) is 82.8. The summed E-state index contributed by atoms with van der Waals surface area (Å²) in [5, 5.41) is 27.5. The van der Waals surface area contributed by atoms with Gasteiger partial charge in [0.1, 0.15) is 51.8 Å². The maximum atomic E-state index is 14.0. The number of nitrogens with one attached hydrogen (secondary N) is 3. The van der Waals surface area contributed by atoms with E-state index in [0.29, 0.717) is 120 Å². The predicted octanol–water partition coefficient (Wildman–Crippen LogP) is 12.7. The van der Waals surface area contributed by atoms with Crippen molar-refractivity contribution in [1.82, 2.24) is 19.7 Å². The van der Waals surface area contributed by atoms with Crippen LogP contribution >= 0.6 is 23.2 Å². The molecule has 600 valence electrons. The van der Waals surface area contributed by atoms with Gasteiger partial charge in [-0.05, 0) is 201 Å². The fraction of sp³-hybridized carbons (Fsp3) is 0.459. The standard InChI is InChI=1S/C47H56ClN3O9S.C38H46ClN3O8S/c1-31-22-38(57-2)12-7-34(31)27-51(28-36-8-13-39(58-3)25-45(36)59-4)61(55,56)21-20-49-19-17-43(52)40-14-9-35(40)26-50-29-47(18-5-6-32-23-37(48)11-15-41(32)47)30-60-44-16-10-33(46(53)54)24-42(44)50;1-48-30-9-5-27(36(20-30)49-2)21-41-51(46,47)17-16-40-15-13-34(43)31-10-6-28(31)22-42-23-38(14-3-4-25-18-29(39)8-11-32(25)38)24-50-35-12-7-26(37(44)45)19-33(35)42/h7-8,10-13,15-16,22-25,35,40,49H,5-6,9,14,17-21,26-30H2,1-4H3,(H,53,54);5,7-9,11-12,18-20,28,31,40-41H,3-4,6,10,13-17,21-24H2,1-2H3,(H,44,45)/t35-,40+,47-;28-,31+,38-/m00/s1. The molecular formula is C85H102Cl2N6O17S2. The molecule has 2 saturated carbocycles. The van der Waals surface area contributed by atoms with Crippen LogP contribution in [-0.4, -0.2) is 167 Å². The number of fused-ring (bicyclic) bond motifs is 6. The predicted molar refractivity (Wildman–Crippen MR) is 432 cm³/mol. The highest BCUT2D eigenvalue weighted by atomic mass is 35.5. The number of carbonyl (C=O) groups excluding carboxylic acids is 2. The Hall–Kier alpha value is -8.66. The number of halogens is 2. The zero-order valence-corrected chi connectivity index (χ0v) is 67.6. The Morgan fingerprint density at radius 2 is 0.991 bits per heavy atom. The maximum Gasteiger partial charge on any atom is 0.335 e. The van der Waals surface area contributed by atoms with Crippen molar-refractivity contribution in [2.45, 2.75) is 114 Å². The van der Waals surface area contributed by atoms with Gasteiger partial charge in [0.2, 0.25) is 20.0 Å². The molecule has 5 N–H and O–H groups in total. The minimum Gasteiger partial charge on any atom is -0.497 e. The van der Waals surface area contributed by atoms with E-state index in [-0.39, 0.29) is 108 Å². The molecule has 0 amide bonds. The molecule has 7 aromatic rings. The lowest BCUT2D eigenvalue weighted by Crippen LogP contribution is -2.49. The molecule has 2 heterocycles. The third kappa shape index (κ3) is 19.6. The highest BCUT2D eigenvalue weighted by molar-refractivity contribution is 7.89. The molecule has 7 aromatic carbocycles. The first-order chi connectivity index (χ1) is 53.8. The average molecular weight is 1610 g/mol. The number of benzene rings is 7. The number of rotatable bonds is 33. The molecule has 2 spiro atoms. The Morgan fingerprint density at radius 3 is 1.45 bits per heavy atom. The average Bonchev–Trinajstić information content (AvgIpc) is 1.70. The van der Waals surface area contributed by atoms with Crippen molar-refractivity contribution in [3.05, 3.63) is 193 Å². The molecular weight excluding hydrogens is 1510 g/mol. The van der Waals surface area contributed by atoms with E-state index < -0.39 is 32.0 Å². The van der Waals surface area contributed by atoms with E-state index in [2.05, 4.69) is 37.3 Å². The smallest absolute Gasteiger partial charge is 0.335 e. The van der Waals surface area contributed by atoms with Crippen LogP contribution in [0.4, 0.5) is 11.4 Å². The first-order valence-electron chi connectivity index (χ1n) is 38.4. The quantitative estimate of drug-likeness (QED) is 0.0239. The van der Waals surface area contributed by atoms with Gasteiger partial charge in [0.05, 0.1) is 82.8 Å². The van der Waals surface area contributed by atoms with E-state index in [1.54, 1.807) is 95.2 Å². The van der Waals surface area contributed by atoms with E-state index in [1.165, 1.54) is 33.7 Å². The SMILES string of the molecule is COc1ccc(CN(Cc2ccc(OC)cc2OC)S(=O)(=O)CCNCCC(=O)[C@@H]2CC[C@H]2CN2C[C@@]3(CCCc4cc(Cl)ccc43)COc3ccc(C(=O)O)cc32)c(C)c1.COc1ccc(CNS(=O)(=O)CCNCCC(=O)[C@@H]2CC[C@H]2CN2C[C@@]3(CCCc4cc(Cl)ccc43)COc3ccc(C(=O)O)cc32)c(OC)c1. The lowest BCUT2D eigenvalue weighted by molar-refractivity contribution is -0.128. The molecule has 27 heteroatoms. The molecule has 0 bridgehead atoms. The number of hydrogen-bond donors (Lipinski definition) is 5. The summed E-state index contributed by atoms with van der Waals surface area (Å²) in [5.74, 6) is 2.23. The van der Waals surface area contributed by atoms with Crippen molar-refractivity contribution in [2.24, 2.45) is 23.7 Å². The third-order valence-corrected chi connectivity index (χ3v) is 27.0. The number of nitrogens with zero attached hydrogens (tertiary/aromatic N) is 3. The molecule has 112 heavy (non-hydrogen) atoms. The summed E-state index contributed by atoms with van der Waals surface area (Å²) >= 11 is 12.8. The lowest BCUT2D eigenvalue weighted by Gasteiger charge is -2.44. The van der Waals surface area contributed by atoms with Crippen molar-refractivity contribution < 1.29 is 79.4 Å². The second kappa shape index (κ2) is 36.7. The van der Waals surface area contributed by atoms with Crippen LogP contribution in [0.15, 0.2) is 127 Å². The van der Waals surface area contributed by atoms with Gasteiger partial charge in [-0.25, -0.2) is 31.1 Å². The van der Waals surface area contributed by atoms with E-state index in [4.69, 9.17) is 56.4 Å². The Kier molecular flexibility index (Phi) is 27.1. The van der Waals surface area contributed by atoms with Crippen LogP contribution in [0.3, 0.4) is 0 Å². The first-order valence-corrected chi connectivity index (χ1v) is 42.4. The number of aromatic carboxylic acids is 2. The van der Waals surface area contributed by atoms with Crippen LogP contribution in [0, 0.1) is 30.6 Å². The minimum absolute atomic E-state index is 0.0857. The van der Waals surface area contributed by atoms with Gasteiger partial charge in [-0.3, -0.25) is 9.59 Å². The normalized spacial score (nSPS) is 20.3. The second-order valence-corrected chi connectivity index (χ2v) is 35.3. The number of ketones is 2. The summed E-state index contributed by atoms with van der Waals surface area (Å²) in [7, 11) is 0.425. The van der Waals surface area contributed by atoms with Crippen molar-refractivity contribution >= 4 is 78.1 Å². The summed E-state index contributed by atoms with van der Waals surface area (Å²) < 4.78 is 97.3. The summed E-state index contributed by atoms with van der Waals surface area (Å²) in [6.07, 6.45) is 9.66. The van der Waals surface area contributed by atoms with Gasteiger partial charge < -0.3 is 63.8 Å². The van der Waals surface area contributed by atoms with E-state index in [0.717, 1.165) is 86.7 Å². The maximum absolute atomic E-state index is 14.0. The summed E-state index contributed by atoms with van der Waals surface area (Å²) in [6, 6.07) is 38.4. The molecule has 2 aliphatic heterocycles. The van der Waals surface area contributed by atoms with E-state index in [9.17, 15) is 46.2 Å². The number of Topliss-reactive ketones (excluding diaryl/α,β-unsaturated/α-hetero) is 2. The van der Waals surface area contributed by atoms with Gasteiger partial charge in [0, 0.05) is 141 Å². The third-order valence-electron chi connectivity index (χ3n) is 23.4. The highest BCUT2D eigenvalue weighted by Crippen LogP contribution is 2.49. The number of carboxylic acids is 2. The van der Waals surface area contributed by atoms with Crippen molar-refractivity contribution in [1.29, 1.82) is 0 Å². The Balaban J connectivity index is 0.000000211. The molecule has 23 nitrogen and oxygen atoms in total. The molecule has 6 atom stereocenters. The molecule has 4 aliphatic carbocycles. The van der Waals surface area contributed by atoms with Crippen molar-refractivity contribution in [2.75, 3.05) is 122 Å². The van der Waals surface area contributed by atoms with E-state index in [1.807, 2.05) is 55.5 Å². The lowest BCUT2D eigenvalue weighted by atomic mass is 9.68. The Bertz CT molecular complexity index is 4820. The van der Waals surface area contributed by atoms with Crippen molar-refractivity contribution in [3.63, 3.8) is 0 Å². The van der Waals surface area contributed by atoms with E-state index >= 15 is 0 Å². The molecule has 13 rings (SSSR count). The van der Waals surface area contributed by atoms with Crippen LogP contribution in [0.2, 0.25) is 10.0 Å². The Labute approximate surface area is 667 Å². The fourth-order valence-electron chi connectivity index (χ4n) is 16.9. The topological polar surface area (TPSA) is 287 Å². The van der Waals surface area contributed by atoms with Gasteiger partial charge in [0.25, 0.3) is 0 Å². The van der Waals surface area contributed by atoms with Gasteiger partial charge in [-0.1, -0.05) is 53.5 Å². The van der Waals surface area contributed by atoms with Crippen molar-refractivity contribution in [3.8, 4) is 40.2 Å². The highest BCUT2D eigenvalue weighted by Gasteiger charge is 2.47. The fourth-order valence-corrected chi connectivity index (χ4v) is 19.6. The molecule has 0 aromatic heterocycles. The second-order valence-electron chi connectivity index (χ2n) is 30.4. The van der Waals surface area contributed by atoms with Crippen LogP contribution < -0.4 is 58.3 Å². The summed E-state index contributed by atoms with van der Waals surface area (Å²) in [5.41, 5.74) is 9.28. The zero-order valence-electron chi connectivity index (χ0n) is 64.5. The molecule has 0 radical (unpaired) electrons. The summed E-state index contributed by atoms with van der Waals surface area (Å²) in [6.45, 7) is 6.79. The number of sulfonamides is 2. The van der Waals surface area contributed by atoms with Crippen LogP contribution in [0.1, 0.15) is 129 Å². The van der Waals surface area contributed by atoms with Crippen LogP contribution in [-0.2, 0) is 72.9 Å². The molecule has 6 aliphatic rings. The number of carboxylic acid groups (broad SMARTS) is 2. The number of ether oxygens (including phenoxy) is 7. The van der Waals surface area contributed by atoms with Gasteiger partial charge in [0.15, 0.2) is 0 Å². The largest absolute Gasteiger partial charge is 0.497 e. The number of carbonyl (C=O) groups is 4.